The maximum Gasteiger partial charge on any atom is 0.166 e. The van der Waals surface area contributed by atoms with Gasteiger partial charge in [-0.1, -0.05) is 35.1 Å². The lowest BCUT2D eigenvalue weighted by molar-refractivity contribution is 0.0522. The molecule has 11 heteroatoms. The number of hydrogen-bond acceptors (Lipinski definition) is 8. The standard InChI is InChI=1S/C25H25Cl2FN6OS/c1-14(22-18(26)10-31-11-19(22)27)35-16-3-4-21(29)17(8-16)23(30)15-7-20(28)24(32-9-15)33-12-25(13-33)5-6-34(25)36-2/h3-4,7-11,14,30H,5-6,12-13,29H2,1-2H3/t14-/m1/s1. The molecule has 5 rings (SSSR count). The van der Waals surface area contributed by atoms with E-state index >= 15 is 4.39 Å². The van der Waals surface area contributed by atoms with Crippen LogP contribution in [0.4, 0.5) is 15.9 Å². The molecule has 3 N–H and O–H groups in total. The Bertz CT molecular complexity index is 1310. The number of aromatic nitrogens is 2. The van der Waals surface area contributed by atoms with Gasteiger partial charge < -0.3 is 15.4 Å². The number of hydrogen-bond donors (Lipinski definition) is 2. The van der Waals surface area contributed by atoms with Gasteiger partial charge in [-0.15, -0.1) is 0 Å². The van der Waals surface area contributed by atoms with Crippen LogP contribution in [0.15, 0.2) is 42.9 Å². The molecule has 3 aromatic rings. The molecule has 188 valence electrons. The average molecular weight is 547 g/mol. The molecule has 2 aliphatic rings. The number of rotatable bonds is 7. The number of halogens is 3. The van der Waals surface area contributed by atoms with Gasteiger partial charge in [0.1, 0.15) is 11.9 Å². The highest BCUT2D eigenvalue weighted by Gasteiger charge is 2.54. The second-order valence-electron chi connectivity index (χ2n) is 9.05. The zero-order valence-corrected chi connectivity index (χ0v) is 22.1. The summed E-state index contributed by atoms with van der Waals surface area (Å²) < 4.78 is 23.5. The molecule has 1 atom stereocenters. The molecule has 7 nitrogen and oxygen atoms in total. The minimum atomic E-state index is -0.477. The Balaban J connectivity index is 1.33. The minimum absolute atomic E-state index is 0.0520. The molecule has 1 aromatic carbocycles. The Hall–Kier alpha value is -2.59. The van der Waals surface area contributed by atoms with Crippen molar-refractivity contribution in [3.8, 4) is 5.75 Å². The second-order valence-corrected chi connectivity index (χ2v) is 10.7. The summed E-state index contributed by atoms with van der Waals surface area (Å²) in [6.07, 6.45) is 7.23. The Labute approximate surface area is 223 Å². The normalized spacial score (nSPS) is 17.4. The lowest BCUT2D eigenvalue weighted by atomic mass is 9.80. The van der Waals surface area contributed by atoms with E-state index in [9.17, 15) is 0 Å². The molecule has 36 heavy (non-hydrogen) atoms. The van der Waals surface area contributed by atoms with E-state index in [2.05, 4.69) is 20.5 Å². The topological polar surface area (TPSA) is 91.4 Å². The summed E-state index contributed by atoms with van der Waals surface area (Å²) >= 11 is 14.2. The predicted molar refractivity (Wildman–Crippen MR) is 144 cm³/mol. The number of nitrogens with two attached hydrogens (primary N) is 1. The third-order valence-corrected chi connectivity index (χ3v) is 8.43. The van der Waals surface area contributed by atoms with Crippen LogP contribution in [0.1, 0.15) is 36.1 Å². The first-order valence-corrected chi connectivity index (χ1v) is 13.3. The predicted octanol–water partition coefficient (Wildman–Crippen LogP) is 5.60. The fourth-order valence-electron chi connectivity index (χ4n) is 4.79. The van der Waals surface area contributed by atoms with E-state index in [1.165, 1.54) is 24.7 Å². The van der Waals surface area contributed by atoms with Gasteiger partial charge in [0.05, 0.1) is 21.3 Å². The fourth-order valence-corrected chi connectivity index (χ4v) is 6.33. The van der Waals surface area contributed by atoms with Crippen molar-refractivity contribution in [2.75, 3.05) is 36.5 Å². The molecule has 0 saturated carbocycles. The minimum Gasteiger partial charge on any atom is -0.486 e. The SMILES string of the molecule is CSN1CCC12CN(c1ncc(C(=N)c3cc(O[C@H](C)c4c(Cl)cncc4Cl)ccc3N)cc1F)C2. The number of nitrogen functional groups attached to an aromatic ring is 1. The van der Waals surface area contributed by atoms with E-state index in [0.29, 0.717) is 44.0 Å². The van der Waals surface area contributed by atoms with Crippen molar-refractivity contribution in [2.24, 2.45) is 0 Å². The number of nitrogens with zero attached hydrogens (tertiary/aromatic N) is 4. The molecule has 0 unspecified atom stereocenters. The second kappa shape index (κ2) is 9.70. The first-order chi connectivity index (χ1) is 17.2. The Morgan fingerprint density at radius 1 is 1.22 bits per heavy atom. The highest BCUT2D eigenvalue weighted by atomic mass is 35.5. The van der Waals surface area contributed by atoms with Crippen LogP contribution in [0.2, 0.25) is 10.0 Å². The van der Waals surface area contributed by atoms with Crippen molar-refractivity contribution in [1.29, 1.82) is 5.41 Å². The maximum absolute atomic E-state index is 15.1. The van der Waals surface area contributed by atoms with Gasteiger partial charge in [0.25, 0.3) is 0 Å². The van der Waals surface area contributed by atoms with Gasteiger partial charge in [0.2, 0.25) is 0 Å². The van der Waals surface area contributed by atoms with Crippen molar-refractivity contribution in [2.45, 2.75) is 25.0 Å². The van der Waals surface area contributed by atoms with Gasteiger partial charge >= 0.3 is 0 Å². The van der Waals surface area contributed by atoms with E-state index in [-0.39, 0.29) is 11.3 Å². The summed E-state index contributed by atoms with van der Waals surface area (Å²) in [7, 11) is 0. The third-order valence-electron chi connectivity index (χ3n) is 6.81. The van der Waals surface area contributed by atoms with E-state index in [4.69, 9.17) is 39.1 Å². The summed E-state index contributed by atoms with van der Waals surface area (Å²) in [5.74, 6) is 0.328. The monoisotopic (exact) mass is 546 g/mol. The van der Waals surface area contributed by atoms with Gasteiger partial charge in [0, 0.05) is 60.6 Å². The molecule has 0 bridgehead atoms. The molecule has 2 aliphatic heterocycles. The van der Waals surface area contributed by atoms with Crippen LogP contribution < -0.4 is 15.4 Å². The number of ether oxygens (including phenoxy) is 1. The molecule has 0 amide bonds. The maximum atomic E-state index is 15.1. The first kappa shape index (κ1) is 25.1. The van der Waals surface area contributed by atoms with E-state index in [1.54, 1.807) is 30.1 Å². The van der Waals surface area contributed by atoms with Crippen LogP contribution in [0.25, 0.3) is 0 Å². The van der Waals surface area contributed by atoms with Crippen LogP contribution in [-0.4, -0.2) is 51.4 Å². The molecule has 0 radical (unpaired) electrons. The molecule has 2 saturated heterocycles. The largest absolute Gasteiger partial charge is 0.486 e. The molecule has 0 aliphatic carbocycles. The average Bonchev–Trinajstić information content (AvgIpc) is 2.79. The van der Waals surface area contributed by atoms with Crippen molar-refractivity contribution < 1.29 is 9.13 Å². The van der Waals surface area contributed by atoms with Gasteiger partial charge in [-0.05, 0) is 43.9 Å². The lowest BCUT2D eigenvalue weighted by Crippen LogP contribution is -2.75. The van der Waals surface area contributed by atoms with Crippen LogP contribution >= 0.6 is 35.1 Å². The van der Waals surface area contributed by atoms with E-state index in [1.807, 2.05) is 11.8 Å². The molecule has 2 aromatic heterocycles. The number of nitrogens with one attached hydrogen (secondary N) is 1. The van der Waals surface area contributed by atoms with E-state index in [0.717, 1.165) is 26.1 Å². The summed E-state index contributed by atoms with van der Waals surface area (Å²) in [5.41, 5.74) is 8.08. The Morgan fingerprint density at radius 2 is 1.94 bits per heavy atom. The van der Waals surface area contributed by atoms with Crippen molar-refractivity contribution in [3.05, 3.63) is 75.4 Å². The van der Waals surface area contributed by atoms with Gasteiger partial charge in [-0.2, -0.15) is 0 Å². The summed E-state index contributed by atoms with van der Waals surface area (Å²) in [5, 5.41) is 9.48. The quantitative estimate of drug-likeness (QED) is 0.226. The summed E-state index contributed by atoms with van der Waals surface area (Å²) in [6, 6.07) is 6.34. The fraction of sp³-hybridized carbons (Fsp3) is 0.320. The molecule has 4 heterocycles. The summed E-state index contributed by atoms with van der Waals surface area (Å²) in [4.78, 5) is 10.3. The van der Waals surface area contributed by atoms with Crippen molar-refractivity contribution in [3.63, 3.8) is 0 Å². The molecular weight excluding hydrogens is 522 g/mol. The highest BCUT2D eigenvalue weighted by molar-refractivity contribution is 7.96. The van der Waals surface area contributed by atoms with Gasteiger partial charge in [0.15, 0.2) is 11.6 Å². The molecule has 2 fully saturated rings. The van der Waals surface area contributed by atoms with Crippen LogP contribution in [-0.2, 0) is 0 Å². The Morgan fingerprint density at radius 3 is 2.56 bits per heavy atom. The summed E-state index contributed by atoms with van der Waals surface area (Å²) in [6.45, 7) is 4.39. The lowest BCUT2D eigenvalue weighted by Gasteiger charge is -2.61. The first-order valence-electron chi connectivity index (χ1n) is 11.4. The zero-order valence-electron chi connectivity index (χ0n) is 19.8. The van der Waals surface area contributed by atoms with Gasteiger partial charge in [-0.3, -0.25) is 10.4 Å². The number of pyridine rings is 2. The van der Waals surface area contributed by atoms with Crippen LogP contribution in [0.5, 0.6) is 5.75 Å². The smallest absolute Gasteiger partial charge is 0.166 e. The zero-order chi connectivity index (χ0) is 25.6. The number of anilines is 2. The molecule has 1 spiro atoms. The number of benzene rings is 1. The Kier molecular flexibility index (Phi) is 6.76. The molecular formula is C25H25Cl2FN6OS. The van der Waals surface area contributed by atoms with E-state index < -0.39 is 11.9 Å². The van der Waals surface area contributed by atoms with Gasteiger partial charge in [-0.25, -0.2) is 13.7 Å². The van der Waals surface area contributed by atoms with Crippen molar-refractivity contribution >= 4 is 52.4 Å². The van der Waals surface area contributed by atoms with Crippen LogP contribution in [0, 0.1) is 11.2 Å². The third kappa shape index (κ3) is 4.38. The van der Waals surface area contributed by atoms with Crippen molar-refractivity contribution in [1.82, 2.24) is 14.3 Å². The van der Waals surface area contributed by atoms with Crippen LogP contribution in [0.3, 0.4) is 0 Å². The highest BCUT2D eigenvalue weighted by Crippen LogP contribution is 2.44.